The van der Waals surface area contributed by atoms with Crippen molar-refractivity contribution in [2.45, 2.75) is 13.0 Å². The molecule has 0 radical (unpaired) electrons. The van der Waals surface area contributed by atoms with Crippen LogP contribution in [0.4, 0.5) is 4.79 Å². The van der Waals surface area contributed by atoms with Crippen molar-refractivity contribution in [2.24, 2.45) is 0 Å². The summed E-state index contributed by atoms with van der Waals surface area (Å²) in [5.41, 5.74) is 0. The Labute approximate surface area is 106 Å². The molecule has 1 aliphatic heterocycles. The summed E-state index contributed by atoms with van der Waals surface area (Å²) in [5.74, 6) is 0.701. The summed E-state index contributed by atoms with van der Waals surface area (Å²) >= 11 is 1.27. The van der Waals surface area contributed by atoms with Crippen LogP contribution in [0.3, 0.4) is 0 Å². The number of carbonyl (C=O) groups excluding carboxylic acids is 2. The quantitative estimate of drug-likeness (QED) is 0.752. The van der Waals surface area contributed by atoms with Gasteiger partial charge in [-0.2, -0.15) is 0 Å². The molecule has 0 aliphatic carbocycles. The van der Waals surface area contributed by atoms with Gasteiger partial charge in [-0.1, -0.05) is 11.8 Å². The first-order valence-corrected chi connectivity index (χ1v) is 5.97. The molecular weight excluding hydrogens is 250 g/mol. The Morgan fingerprint density at radius 1 is 1.62 bits per heavy atom. The fourth-order valence-electron chi connectivity index (χ4n) is 1.17. The molecule has 1 rings (SSSR count). The highest BCUT2D eigenvalue weighted by atomic mass is 35.5. The van der Waals surface area contributed by atoms with Crippen molar-refractivity contribution in [2.75, 3.05) is 32.4 Å². The number of hydrogen-bond acceptors (Lipinski definition) is 4. The van der Waals surface area contributed by atoms with E-state index < -0.39 is 0 Å². The molecule has 0 aromatic carbocycles. The fourth-order valence-corrected chi connectivity index (χ4v) is 1.99. The molecule has 0 bridgehead atoms. The molecule has 0 aromatic rings. The molecule has 1 aliphatic rings. The van der Waals surface area contributed by atoms with E-state index in [2.05, 4.69) is 10.6 Å². The van der Waals surface area contributed by atoms with Crippen LogP contribution in [-0.4, -0.2) is 54.5 Å². The minimum Gasteiger partial charge on any atom is -0.353 e. The van der Waals surface area contributed by atoms with Crippen LogP contribution >= 0.6 is 24.2 Å². The molecule has 1 saturated heterocycles. The molecule has 1 unspecified atom stereocenters. The fraction of sp³-hybridized carbons (Fsp3) is 0.778. The monoisotopic (exact) mass is 267 g/mol. The zero-order valence-corrected chi connectivity index (χ0v) is 11.1. The number of nitrogens with one attached hydrogen (secondary N) is 2. The SMILES string of the molecule is CNC(C)CNC(=O)CN1CCSC1=O.Cl. The zero-order chi connectivity index (χ0) is 11.3. The topological polar surface area (TPSA) is 61.4 Å². The largest absolute Gasteiger partial charge is 0.353 e. The summed E-state index contributed by atoms with van der Waals surface area (Å²) in [6, 6.07) is 0.248. The molecule has 2 amide bonds. The standard InChI is InChI=1S/C9H17N3O2S.ClH/c1-7(10-2)5-11-8(13)6-12-3-4-15-9(12)14;/h7,10H,3-6H2,1-2H3,(H,11,13);1H. The van der Waals surface area contributed by atoms with Crippen LogP contribution in [0.1, 0.15) is 6.92 Å². The highest BCUT2D eigenvalue weighted by Crippen LogP contribution is 2.16. The van der Waals surface area contributed by atoms with Gasteiger partial charge in [0.05, 0.1) is 0 Å². The van der Waals surface area contributed by atoms with E-state index in [0.29, 0.717) is 13.1 Å². The van der Waals surface area contributed by atoms with Gasteiger partial charge in [-0.25, -0.2) is 0 Å². The molecular formula is C9H18ClN3O2S. The molecule has 0 saturated carbocycles. The second-order valence-corrected chi connectivity index (χ2v) is 4.58. The highest BCUT2D eigenvalue weighted by molar-refractivity contribution is 8.13. The number of amides is 2. The van der Waals surface area contributed by atoms with Gasteiger partial charge in [0.25, 0.3) is 5.24 Å². The lowest BCUT2D eigenvalue weighted by atomic mass is 10.3. The molecule has 1 atom stereocenters. The van der Waals surface area contributed by atoms with Crippen molar-refractivity contribution in [1.82, 2.24) is 15.5 Å². The van der Waals surface area contributed by atoms with Crippen molar-refractivity contribution in [3.8, 4) is 0 Å². The first-order chi connectivity index (χ1) is 7.13. The molecule has 94 valence electrons. The Kier molecular flexibility index (Phi) is 7.53. The van der Waals surface area contributed by atoms with Crippen LogP contribution in [-0.2, 0) is 4.79 Å². The van der Waals surface area contributed by atoms with Crippen molar-refractivity contribution in [3.05, 3.63) is 0 Å². The second-order valence-electron chi connectivity index (χ2n) is 3.53. The van der Waals surface area contributed by atoms with E-state index in [-0.39, 0.29) is 36.1 Å². The average Bonchev–Trinajstić information content (AvgIpc) is 2.61. The Morgan fingerprint density at radius 2 is 2.31 bits per heavy atom. The van der Waals surface area contributed by atoms with E-state index >= 15 is 0 Å². The highest BCUT2D eigenvalue weighted by Gasteiger charge is 2.22. The number of carbonyl (C=O) groups is 2. The second kappa shape index (κ2) is 7.76. The normalized spacial score (nSPS) is 16.9. The van der Waals surface area contributed by atoms with Gasteiger partial charge in [0.1, 0.15) is 6.54 Å². The van der Waals surface area contributed by atoms with Crippen molar-refractivity contribution >= 4 is 35.3 Å². The van der Waals surface area contributed by atoms with E-state index in [1.165, 1.54) is 11.8 Å². The Morgan fingerprint density at radius 3 is 2.81 bits per heavy atom. The Bertz CT molecular complexity index is 253. The lowest BCUT2D eigenvalue weighted by Crippen LogP contribution is -2.42. The van der Waals surface area contributed by atoms with Crippen LogP contribution in [0.15, 0.2) is 0 Å². The first kappa shape index (κ1) is 15.5. The molecule has 5 nitrogen and oxygen atoms in total. The summed E-state index contributed by atoms with van der Waals surface area (Å²) < 4.78 is 0. The average molecular weight is 268 g/mol. The Hall–Kier alpha value is -0.460. The number of rotatable bonds is 5. The zero-order valence-electron chi connectivity index (χ0n) is 9.49. The minimum atomic E-state index is -0.0899. The van der Waals surface area contributed by atoms with Crippen LogP contribution in [0.2, 0.25) is 0 Å². The molecule has 1 fully saturated rings. The molecule has 0 aromatic heterocycles. The van der Waals surface area contributed by atoms with Gasteiger partial charge in [0.2, 0.25) is 5.91 Å². The van der Waals surface area contributed by atoms with E-state index in [0.717, 1.165) is 5.75 Å². The van der Waals surface area contributed by atoms with Crippen LogP contribution < -0.4 is 10.6 Å². The predicted molar refractivity (Wildman–Crippen MR) is 68.2 cm³/mol. The van der Waals surface area contributed by atoms with E-state index in [4.69, 9.17) is 0 Å². The number of halogens is 1. The van der Waals surface area contributed by atoms with E-state index in [1.807, 2.05) is 14.0 Å². The molecule has 1 heterocycles. The van der Waals surface area contributed by atoms with Crippen molar-refractivity contribution in [3.63, 3.8) is 0 Å². The first-order valence-electron chi connectivity index (χ1n) is 4.99. The molecule has 16 heavy (non-hydrogen) atoms. The summed E-state index contributed by atoms with van der Waals surface area (Å²) in [6.07, 6.45) is 0. The number of likely N-dealkylation sites (N-methyl/N-ethyl adjacent to an activating group) is 1. The summed E-state index contributed by atoms with van der Waals surface area (Å²) in [4.78, 5) is 24.2. The van der Waals surface area contributed by atoms with Crippen LogP contribution in [0.5, 0.6) is 0 Å². The third-order valence-corrected chi connectivity index (χ3v) is 3.17. The number of thioether (sulfide) groups is 1. The number of hydrogen-bond donors (Lipinski definition) is 2. The van der Waals surface area contributed by atoms with Crippen molar-refractivity contribution in [1.29, 1.82) is 0 Å². The van der Waals surface area contributed by atoms with Gasteiger partial charge >= 0.3 is 0 Å². The lowest BCUT2D eigenvalue weighted by molar-refractivity contribution is -0.121. The summed E-state index contributed by atoms with van der Waals surface area (Å²) in [6.45, 7) is 3.43. The maximum Gasteiger partial charge on any atom is 0.282 e. The molecule has 0 spiro atoms. The van der Waals surface area contributed by atoms with Crippen LogP contribution in [0, 0.1) is 0 Å². The predicted octanol–water partition coefficient (Wildman–Crippen LogP) is 0.301. The van der Waals surface area contributed by atoms with Gasteiger partial charge in [-0.3, -0.25) is 9.59 Å². The molecule has 2 N–H and O–H groups in total. The maximum atomic E-state index is 11.4. The van der Waals surface area contributed by atoms with Crippen LogP contribution in [0.25, 0.3) is 0 Å². The summed E-state index contributed by atoms with van der Waals surface area (Å²) in [5, 5.41) is 5.81. The third-order valence-electron chi connectivity index (χ3n) is 2.28. The van der Waals surface area contributed by atoms with Gasteiger partial charge < -0.3 is 15.5 Å². The minimum absolute atomic E-state index is 0. The van der Waals surface area contributed by atoms with Gasteiger partial charge in [0, 0.05) is 24.9 Å². The maximum absolute atomic E-state index is 11.4. The van der Waals surface area contributed by atoms with Gasteiger partial charge in [0.15, 0.2) is 0 Å². The van der Waals surface area contributed by atoms with Gasteiger partial charge in [-0.15, -0.1) is 12.4 Å². The van der Waals surface area contributed by atoms with Crippen molar-refractivity contribution < 1.29 is 9.59 Å². The smallest absolute Gasteiger partial charge is 0.282 e. The van der Waals surface area contributed by atoms with E-state index in [1.54, 1.807) is 4.90 Å². The lowest BCUT2D eigenvalue weighted by Gasteiger charge is -2.15. The molecule has 7 heteroatoms. The third kappa shape index (κ3) is 5.05. The van der Waals surface area contributed by atoms with Gasteiger partial charge in [-0.05, 0) is 14.0 Å². The number of nitrogens with zero attached hydrogens (tertiary/aromatic N) is 1. The Balaban J connectivity index is 0.00000225. The summed E-state index contributed by atoms with van der Waals surface area (Å²) in [7, 11) is 1.84. The van der Waals surface area contributed by atoms with E-state index in [9.17, 15) is 9.59 Å².